The summed E-state index contributed by atoms with van der Waals surface area (Å²) in [6.45, 7) is 0. The first-order valence-corrected chi connectivity index (χ1v) is 15.2. The zero-order valence-electron chi connectivity index (χ0n) is 23.3. The summed E-state index contributed by atoms with van der Waals surface area (Å²) in [5, 5.41) is 2.58. The second-order valence-corrected chi connectivity index (χ2v) is 11.7. The molecule has 0 N–H and O–H groups in total. The van der Waals surface area contributed by atoms with E-state index in [-0.39, 0.29) is 0 Å². The SMILES string of the molecule is c1ccc(-c2ccc(-c3ccc4sc5ccccc5c4c3)c(-c3cc(-c4ccccc4)nc(-c4ccccc4)n3)c2)cc1. The number of thiophene rings is 1. The number of nitrogens with zero attached hydrogens (tertiary/aromatic N) is 2. The van der Waals surface area contributed by atoms with Crippen LogP contribution in [0.3, 0.4) is 0 Å². The molecule has 0 saturated carbocycles. The zero-order chi connectivity index (χ0) is 28.6. The molecule has 8 rings (SSSR count). The van der Waals surface area contributed by atoms with Gasteiger partial charge in [-0.2, -0.15) is 0 Å². The third kappa shape index (κ3) is 4.80. The fourth-order valence-corrected chi connectivity index (χ4v) is 6.86. The molecule has 0 aliphatic rings. The van der Waals surface area contributed by atoms with Gasteiger partial charge in [0.15, 0.2) is 5.82 Å². The van der Waals surface area contributed by atoms with Crippen molar-refractivity contribution in [2.45, 2.75) is 0 Å². The monoisotopic (exact) mass is 566 g/mol. The van der Waals surface area contributed by atoms with Gasteiger partial charge in [0.25, 0.3) is 0 Å². The number of hydrogen-bond donors (Lipinski definition) is 0. The summed E-state index contributed by atoms with van der Waals surface area (Å²) in [5.74, 6) is 0.715. The third-order valence-electron chi connectivity index (χ3n) is 7.92. The molecular formula is C40H26N2S. The molecule has 0 aliphatic carbocycles. The fraction of sp³-hybridized carbons (Fsp3) is 0. The molecule has 2 heterocycles. The Morgan fingerprint density at radius 1 is 0.349 bits per heavy atom. The predicted molar refractivity (Wildman–Crippen MR) is 182 cm³/mol. The predicted octanol–water partition coefficient (Wildman–Crippen LogP) is 11.2. The van der Waals surface area contributed by atoms with Crippen LogP contribution in [0.1, 0.15) is 0 Å². The lowest BCUT2D eigenvalue weighted by atomic mass is 9.92. The molecule has 0 atom stereocenters. The van der Waals surface area contributed by atoms with Crippen molar-refractivity contribution < 1.29 is 0 Å². The number of hydrogen-bond acceptors (Lipinski definition) is 3. The van der Waals surface area contributed by atoms with E-state index in [2.05, 4.69) is 133 Å². The van der Waals surface area contributed by atoms with Crippen LogP contribution in [0.15, 0.2) is 158 Å². The van der Waals surface area contributed by atoms with Gasteiger partial charge < -0.3 is 0 Å². The van der Waals surface area contributed by atoms with Gasteiger partial charge in [-0.05, 0) is 52.6 Å². The minimum absolute atomic E-state index is 0.715. The lowest BCUT2D eigenvalue weighted by Gasteiger charge is -2.15. The van der Waals surface area contributed by atoms with Gasteiger partial charge >= 0.3 is 0 Å². The van der Waals surface area contributed by atoms with E-state index in [4.69, 9.17) is 9.97 Å². The van der Waals surface area contributed by atoms with Crippen molar-refractivity contribution in [2.24, 2.45) is 0 Å². The maximum absolute atomic E-state index is 5.21. The van der Waals surface area contributed by atoms with Crippen LogP contribution < -0.4 is 0 Å². The van der Waals surface area contributed by atoms with Gasteiger partial charge in [-0.3, -0.25) is 0 Å². The number of fused-ring (bicyclic) bond motifs is 3. The highest BCUT2D eigenvalue weighted by Crippen LogP contribution is 2.41. The minimum Gasteiger partial charge on any atom is -0.228 e. The lowest BCUT2D eigenvalue weighted by Crippen LogP contribution is -1.97. The Bertz CT molecular complexity index is 2160. The Kier molecular flexibility index (Phi) is 6.36. The first kappa shape index (κ1) is 25.3. The van der Waals surface area contributed by atoms with Gasteiger partial charge in [0.1, 0.15) is 0 Å². The smallest absolute Gasteiger partial charge is 0.160 e. The van der Waals surface area contributed by atoms with Crippen LogP contribution in [0.5, 0.6) is 0 Å². The maximum Gasteiger partial charge on any atom is 0.160 e. The normalized spacial score (nSPS) is 11.3. The summed E-state index contributed by atoms with van der Waals surface area (Å²) in [4.78, 5) is 10.3. The quantitative estimate of drug-likeness (QED) is 0.207. The Morgan fingerprint density at radius 2 is 0.953 bits per heavy atom. The Labute approximate surface area is 254 Å². The van der Waals surface area contributed by atoms with E-state index in [0.29, 0.717) is 5.82 Å². The molecule has 0 unspecified atom stereocenters. The average molecular weight is 567 g/mol. The summed E-state index contributed by atoms with van der Waals surface area (Å²) in [6, 6.07) is 55.6. The van der Waals surface area contributed by atoms with Gasteiger partial charge in [-0.25, -0.2) is 9.97 Å². The average Bonchev–Trinajstić information content (AvgIpc) is 3.47. The minimum atomic E-state index is 0.715. The molecule has 2 aromatic heterocycles. The summed E-state index contributed by atoms with van der Waals surface area (Å²) in [6.07, 6.45) is 0. The summed E-state index contributed by atoms with van der Waals surface area (Å²) < 4.78 is 2.61. The van der Waals surface area contributed by atoms with E-state index in [1.165, 1.54) is 31.3 Å². The van der Waals surface area contributed by atoms with E-state index in [0.717, 1.165) is 39.2 Å². The maximum atomic E-state index is 5.21. The standard InChI is InChI=1S/C40H26N2S/c1-4-12-27(13-5-1)30-20-22-32(31-21-23-39-35(25-31)33-18-10-11-19-38(33)43-39)34(24-30)37-26-36(28-14-6-2-7-15-28)41-40(42-37)29-16-8-3-9-17-29/h1-26H. The van der Waals surface area contributed by atoms with Crippen molar-refractivity contribution in [1.82, 2.24) is 9.97 Å². The molecule has 3 heteroatoms. The van der Waals surface area contributed by atoms with Crippen LogP contribution in [-0.4, -0.2) is 9.97 Å². The molecule has 43 heavy (non-hydrogen) atoms. The molecule has 202 valence electrons. The fourth-order valence-electron chi connectivity index (χ4n) is 5.77. The van der Waals surface area contributed by atoms with Crippen LogP contribution in [0.4, 0.5) is 0 Å². The molecule has 0 radical (unpaired) electrons. The lowest BCUT2D eigenvalue weighted by molar-refractivity contribution is 1.18. The molecular weight excluding hydrogens is 541 g/mol. The van der Waals surface area contributed by atoms with Crippen molar-refractivity contribution in [1.29, 1.82) is 0 Å². The third-order valence-corrected chi connectivity index (χ3v) is 9.07. The number of benzene rings is 6. The van der Waals surface area contributed by atoms with E-state index < -0.39 is 0 Å². The molecule has 0 amide bonds. The van der Waals surface area contributed by atoms with Crippen LogP contribution in [0.2, 0.25) is 0 Å². The highest BCUT2D eigenvalue weighted by Gasteiger charge is 2.16. The highest BCUT2D eigenvalue weighted by molar-refractivity contribution is 7.25. The van der Waals surface area contributed by atoms with E-state index in [1.807, 2.05) is 35.6 Å². The van der Waals surface area contributed by atoms with Crippen LogP contribution >= 0.6 is 11.3 Å². The second-order valence-electron chi connectivity index (χ2n) is 10.6. The van der Waals surface area contributed by atoms with Crippen molar-refractivity contribution in [3.63, 3.8) is 0 Å². The molecule has 0 saturated heterocycles. The van der Waals surface area contributed by atoms with Gasteiger partial charge in [0.2, 0.25) is 0 Å². The van der Waals surface area contributed by atoms with Crippen molar-refractivity contribution in [2.75, 3.05) is 0 Å². The van der Waals surface area contributed by atoms with Gasteiger partial charge in [-0.15, -0.1) is 11.3 Å². The summed E-state index contributed by atoms with van der Waals surface area (Å²) in [5.41, 5.74) is 9.59. The second kappa shape index (κ2) is 10.8. The van der Waals surface area contributed by atoms with Crippen LogP contribution in [0.25, 0.3) is 76.3 Å². The van der Waals surface area contributed by atoms with Gasteiger partial charge in [0.05, 0.1) is 11.4 Å². The first-order valence-electron chi connectivity index (χ1n) is 14.4. The van der Waals surface area contributed by atoms with E-state index in [9.17, 15) is 0 Å². The summed E-state index contributed by atoms with van der Waals surface area (Å²) >= 11 is 1.84. The molecule has 0 fully saturated rings. The molecule has 0 aliphatic heterocycles. The first-order chi connectivity index (χ1) is 21.3. The largest absolute Gasteiger partial charge is 0.228 e. The molecule has 0 bridgehead atoms. The molecule has 8 aromatic rings. The Morgan fingerprint density at radius 3 is 1.72 bits per heavy atom. The summed E-state index contributed by atoms with van der Waals surface area (Å²) in [7, 11) is 0. The zero-order valence-corrected chi connectivity index (χ0v) is 24.1. The van der Waals surface area contributed by atoms with Gasteiger partial charge in [0, 0.05) is 36.9 Å². The van der Waals surface area contributed by atoms with Crippen molar-refractivity contribution in [3.8, 4) is 56.2 Å². The van der Waals surface area contributed by atoms with E-state index >= 15 is 0 Å². The topological polar surface area (TPSA) is 25.8 Å². The van der Waals surface area contributed by atoms with Crippen molar-refractivity contribution >= 4 is 31.5 Å². The highest BCUT2D eigenvalue weighted by atomic mass is 32.1. The Hall–Kier alpha value is -5.38. The van der Waals surface area contributed by atoms with Gasteiger partial charge in [-0.1, -0.05) is 127 Å². The number of aromatic nitrogens is 2. The number of rotatable bonds is 5. The van der Waals surface area contributed by atoms with Crippen LogP contribution in [0, 0.1) is 0 Å². The molecule has 6 aromatic carbocycles. The van der Waals surface area contributed by atoms with E-state index in [1.54, 1.807) is 0 Å². The van der Waals surface area contributed by atoms with Crippen LogP contribution in [-0.2, 0) is 0 Å². The van der Waals surface area contributed by atoms with Crippen molar-refractivity contribution in [3.05, 3.63) is 158 Å². The Balaban J connectivity index is 1.39. The molecule has 2 nitrogen and oxygen atoms in total. The molecule has 0 spiro atoms.